The van der Waals surface area contributed by atoms with Crippen molar-refractivity contribution in [2.45, 2.75) is 6.54 Å². The van der Waals surface area contributed by atoms with E-state index >= 15 is 0 Å². The first-order valence-corrected chi connectivity index (χ1v) is 5.62. The standard InChI is InChI=1S/C11H9BrN2O/c12-8-1-2-9-7(5-8)6-10-11(15)13-3-4-14(9)10/h1-2,5-6H,3-4H2,(H,13,15). The van der Waals surface area contributed by atoms with Crippen LogP contribution in [0.5, 0.6) is 0 Å². The van der Waals surface area contributed by atoms with Gasteiger partial charge < -0.3 is 9.88 Å². The maximum Gasteiger partial charge on any atom is 0.268 e. The molecular weight excluding hydrogens is 256 g/mol. The van der Waals surface area contributed by atoms with Gasteiger partial charge in [0.1, 0.15) is 5.69 Å². The van der Waals surface area contributed by atoms with Gasteiger partial charge in [0, 0.05) is 28.5 Å². The molecule has 76 valence electrons. The lowest BCUT2D eigenvalue weighted by Gasteiger charge is -2.16. The number of nitrogens with one attached hydrogen (secondary N) is 1. The monoisotopic (exact) mass is 264 g/mol. The van der Waals surface area contributed by atoms with Gasteiger partial charge >= 0.3 is 0 Å². The average molecular weight is 265 g/mol. The fraction of sp³-hybridized carbons (Fsp3) is 0.182. The topological polar surface area (TPSA) is 34.0 Å². The van der Waals surface area contributed by atoms with Crippen molar-refractivity contribution in [3.05, 3.63) is 34.4 Å². The van der Waals surface area contributed by atoms with Crippen molar-refractivity contribution in [2.75, 3.05) is 6.54 Å². The molecule has 0 radical (unpaired) electrons. The number of halogens is 1. The average Bonchev–Trinajstić information content (AvgIpc) is 2.57. The van der Waals surface area contributed by atoms with Crippen molar-refractivity contribution in [3.8, 4) is 0 Å². The van der Waals surface area contributed by atoms with Gasteiger partial charge in [-0.1, -0.05) is 15.9 Å². The van der Waals surface area contributed by atoms with E-state index in [1.165, 1.54) is 0 Å². The molecule has 0 spiro atoms. The Hall–Kier alpha value is -1.29. The lowest BCUT2D eigenvalue weighted by Crippen LogP contribution is -2.34. The van der Waals surface area contributed by atoms with E-state index in [9.17, 15) is 4.79 Å². The second-order valence-corrected chi connectivity index (χ2v) is 4.56. The maximum absolute atomic E-state index is 11.6. The fourth-order valence-electron chi connectivity index (χ4n) is 2.04. The zero-order chi connectivity index (χ0) is 10.4. The van der Waals surface area contributed by atoms with Gasteiger partial charge in [-0.05, 0) is 24.3 Å². The van der Waals surface area contributed by atoms with Crippen LogP contribution in [-0.2, 0) is 6.54 Å². The summed E-state index contributed by atoms with van der Waals surface area (Å²) in [6, 6.07) is 8.02. The first-order valence-electron chi connectivity index (χ1n) is 4.83. The van der Waals surface area contributed by atoms with Crippen molar-refractivity contribution in [1.29, 1.82) is 0 Å². The predicted molar refractivity (Wildman–Crippen MR) is 62.0 cm³/mol. The highest BCUT2D eigenvalue weighted by atomic mass is 79.9. The van der Waals surface area contributed by atoms with Crippen LogP contribution in [0.2, 0.25) is 0 Å². The highest BCUT2D eigenvalue weighted by Crippen LogP contribution is 2.24. The van der Waals surface area contributed by atoms with Gasteiger partial charge in [0.15, 0.2) is 0 Å². The zero-order valence-electron chi connectivity index (χ0n) is 7.96. The molecule has 3 nitrogen and oxygen atoms in total. The summed E-state index contributed by atoms with van der Waals surface area (Å²) in [5.41, 5.74) is 1.89. The number of hydrogen-bond donors (Lipinski definition) is 1. The minimum atomic E-state index is 0.0218. The molecule has 2 heterocycles. The summed E-state index contributed by atoms with van der Waals surface area (Å²) in [6.07, 6.45) is 0. The van der Waals surface area contributed by atoms with E-state index in [-0.39, 0.29) is 5.91 Å². The molecule has 1 aliphatic rings. The molecule has 1 N–H and O–H groups in total. The molecule has 0 fully saturated rings. The largest absolute Gasteiger partial charge is 0.349 e. The highest BCUT2D eigenvalue weighted by molar-refractivity contribution is 9.10. The normalized spacial score (nSPS) is 15.1. The smallest absolute Gasteiger partial charge is 0.268 e. The number of benzene rings is 1. The minimum absolute atomic E-state index is 0.0218. The summed E-state index contributed by atoms with van der Waals surface area (Å²) in [6.45, 7) is 1.57. The van der Waals surface area contributed by atoms with E-state index < -0.39 is 0 Å². The van der Waals surface area contributed by atoms with Gasteiger partial charge in [0.2, 0.25) is 0 Å². The number of rotatable bonds is 0. The maximum atomic E-state index is 11.6. The summed E-state index contributed by atoms with van der Waals surface area (Å²) in [4.78, 5) is 11.6. The molecule has 0 atom stereocenters. The number of amides is 1. The fourth-order valence-corrected chi connectivity index (χ4v) is 2.42. The number of fused-ring (bicyclic) bond motifs is 3. The lowest BCUT2D eigenvalue weighted by molar-refractivity contribution is 0.0929. The molecule has 0 bridgehead atoms. The number of nitrogens with zero attached hydrogens (tertiary/aromatic N) is 1. The van der Waals surface area contributed by atoms with Crippen LogP contribution in [0.25, 0.3) is 10.9 Å². The molecular formula is C11H9BrN2O. The van der Waals surface area contributed by atoms with Crippen LogP contribution in [0.1, 0.15) is 10.5 Å². The van der Waals surface area contributed by atoms with Crippen molar-refractivity contribution < 1.29 is 4.79 Å². The first-order chi connectivity index (χ1) is 7.25. The van der Waals surface area contributed by atoms with Crippen molar-refractivity contribution in [3.63, 3.8) is 0 Å². The van der Waals surface area contributed by atoms with Crippen LogP contribution in [-0.4, -0.2) is 17.0 Å². The van der Waals surface area contributed by atoms with E-state index in [1.807, 2.05) is 24.3 Å². The van der Waals surface area contributed by atoms with Crippen molar-refractivity contribution in [2.24, 2.45) is 0 Å². The van der Waals surface area contributed by atoms with E-state index in [0.717, 1.165) is 27.6 Å². The summed E-state index contributed by atoms with van der Waals surface area (Å²) in [5.74, 6) is 0.0218. The van der Waals surface area contributed by atoms with Gasteiger partial charge in [-0.2, -0.15) is 0 Å². The third-order valence-electron chi connectivity index (χ3n) is 2.72. The van der Waals surface area contributed by atoms with Gasteiger partial charge in [0.05, 0.1) is 0 Å². The molecule has 1 amide bonds. The Morgan fingerprint density at radius 3 is 3.07 bits per heavy atom. The van der Waals surface area contributed by atoms with E-state index in [4.69, 9.17) is 0 Å². The predicted octanol–water partition coefficient (Wildman–Crippen LogP) is 2.15. The number of aromatic nitrogens is 1. The van der Waals surface area contributed by atoms with Crippen molar-refractivity contribution >= 4 is 32.7 Å². The molecule has 4 heteroatoms. The molecule has 0 unspecified atom stereocenters. The second-order valence-electron chi connectivity index (χ2n) is 3.64. The third-order valence-corrected chi connectivity index (χ3v) is 3.21. The Bertz CT molecular complexity index is 559. The number of hydrogen-bond acceptors (Lipinski definition) is 1. The van der Waals surface area contributed by atoms with Gasteiger partial charge in [-0.15, -0.1) is 0 Å². The molecule has 1 aromatic heterocycles. The Balaban J connectivity index is 2.35. The first kappa shape index (κ1) is 8.97. The van der Waals surface area contributed by atoms with Gasteiger partial charge in [0.25, 0.3) is 5.91 Å². The summed E-state index contributed by atoms with van der Waals surface area (Å²) in [5, 5.41) is 3.95. The molecule has 0 aliphatic carbocycles. The second kappa shape index (κ2) is 3.10. The zero-order valence-corrected chi connectivity index (χ0v) is 9.54. The van der Waals surface area contributed by atoms with Crippen LogP contribution in [0, 0.1) is 0 Å². The van der Waals surface area contributed by atoms with Crippen LogP contribution in [0.15, 0.2) is 28.7 Å². The summed E-state index contributed by atoms with van der Waals surface area (Å²) >= 11 is 3.43. The molecule has 1 aromatic carbocycles. The summed E-state index contributed by atoms with van der Waals surface area (Å²) < 4.78 is 3.11. The molecule has 0 saturated heterocycles. The lowest BCUT2D eigenvalue weighted by atomic mass is 10.2. The van der Waals surface area contributed by atoms with E-state index in [0.29, 0.717) is 6.54 Å². The molecule has 15 heavy (non-hydrogen) atoms. The Kier molecular flexibility index (Phi) is 1.85. The van der Waals surface area contributed by atoms with Crippen molar-refractivity contribution in [1.82, 2.24) is 9.88 Å². The molecule has 2 aromatic rings. The molecule has 1 aliphatic heterocycles. The SMILES string of the molecule is O=C1NCCn2c1cc1cc(Br)ccc12. The van der Waals surface area contributed by atoms with Gasteiger partial charge in [-0.25, -0.2) is 0 Å². The Labute approximate surface area is 95.2 Å². The van der Waals surface area contributed by atoms with E-state index in [2.05, 4.69) is 25.8 Å². The number of carbonyl (C=O) groups is 1. The van der Waals surface area contributed by atoms with E-state index in [1.54, 1.807) is 0 Å². The highest BCUT2D eigenvalue weighted by Gasteiger charge is 2.18. The van der Waals surface area contributed by atoms with Crippen LogP contribution >= 0.6 is 15.9 Å². The van der Waals surface area contributed by atoms with Crippen LogP contribution in [0.4, 0.5) is 0 Å². The summed E-state index contributed by atoms with van der Waals surface area (Å²) in [7, 11) is 0. The van der Waals surface area contributed by atoms with Crippen LogP contribution in [0.3, 0.4) is 0 Å². The Morgan fingerprint density at radius 1 is 1.33 bits per heavy atom. The van der Waals surface area contributed by atoms with Gasteiger partial charge in [-0.3, -0.25) is 4.79 Å². The molecule has 3 rings (SSSR count). The minimum Gasteiger partial charge on any atom is -0.349 e. The molecule has 0 saturated carbocycles. The quantitative estimate of drug-likeness (QED) is 0.778. The van der Waals surface area contributed by atoms with Crippen LogP contribution < -0.4 is 5.32 Å². The number of carbonyl (C=O) groups excluding carboxylic acids is 1. The third kappa shape index (κ3) is 1.28. The Morgan fingerprint density at radius 2 is 2.20 bits per heavy atom.